The molecule has 0 saturated heterocycles. The molecule has 2 N–H and O–H groups in total. The quantitative estimate of drug-likeness (QED) is 0.835. The van der Waals surface area contributed by atoms with Crippen LogP contribution in [0, 0.1) is 6.92 Å². The average Bonchev–Trinajstić information content (AvgIpc) is 2.51. The first-order valence-corrected chi connectivity index (χ1v) is 8.50. The molecule has 25 heavy (non-hydrogen) atoms. The van der Waals surface area contributed by atoms with Gasteiger partial charge in [-0.1, -0.05) is 18.2 Å². The van der Waals surface area contributed by atoms with Crippen LogP contribution in [0.5, 0.6) is 0 Å². The Labute approximate surface area is 142 Å². The number of alkyl halides is 3. The second-order valence-electron chi connectivity index (χ2n) is 5.29. The minimum Gasteiger partial charge on any atom is -0.457 e. The predicted octanol–water partition coefficient (Wildman–Crippen LogP) is 3.02. The van der Waals surface area contributed by atoms with E-state index in [9.17, 15) is 26.4 Å². The van der Waals surface area contributed by atoms with Gasteiger partial charge in [0.1, 0.15) is 6.61 Å². The van der Waals surface area contributed by atoms with Crippen molar-refractivity contribution in [1.82, 2.24) is 0 Å². The van der Waals surface area contributed by atoms with E-state index in [1.807, 2.05) is 0 Å². The van der Waals surface area contributed by atoms with Crippen LogP contribution in [-0.4, -0.2) is 14.4 Å². The Morgan fingerprint density at radius 3 is 2.24 bits per heavy atom. The molecule has 2 aromatic rings. The molecule has 0 aliphatic carbocycles. The molecule has 0 aliphatic rings. The Morgan fingerprint density at radius 2 is 1.72 bits per heavy atom. The number of ether oxygens (including phenoxy) is 1. The summed E-state index contributed by atoms with van der Waals surface area (Å²) in [6, 6.07) is 7.94. The van der Waals surface area contributed by atoms with Gasteiger partial charge >= 0.3 is 12.1 Å². The molecular weight excluding hydrogens is 359 g/mol. The lowest BCUT2D eigenvalue weighted by molar-refractivity contribution is -0.137. The summed E-state index contributed by atoms with van der Waals surface area (Å²) in [5.74, 6) is -0.803. The van der Waals surface area contributed by atoms with E-state index in [2.05, 4.69) is 0 Å². The number of esters is 1. The van der Waals surface area contributed by atoms with Crippen molar-refractivity contribution in [2.24, 2.45) is 5.14 Å². The largest absolute Gasteiger partial charge is 0.457 e. The number of halogens is 3. The van der Waals surface area contributed by atoms with Crippen LogP contribution >= 0.6 is 0 Å². The molecule has 2 aromatic carbocycles. The van der Waals surface area contributed by atoms with E-state index in [-0.39, 0.29) is 17.1 Å². The SMILES string of the molecule is Cc1ccc(S(N)(=O)=O)cc1C(=O)OCc1ccc(C(F)(F)F)cc1. The Morgan fingerprint density at radius 1 is 1.12 bits per heavy atom. The first kappa shape index (κ1) is 18.9. The fourth-order valence-electron chi connectivity index (χ4n) is 2.01. The molecule has 0 heterocycles. The number of primary sulfonamides is 1. The third kappa shape index (κ3) is 4.80. The van der Waals surface area contributed by atoms with Crippen LogP contribution in [0.4, 0.5) is 13.2 Å². The third-order valence-electron chi connectivity index (χ3n) is 3.41. The fraction of sp³-hybridized carbons (Fsp3) is 0.188. The van der Waals surface area contributed by atoms with Gasteiger partial charge in [0, 0.05) is 0 Å². The lowest BCUT2D eigenvalue weighted by Gasteiger charge is -2.10. The number of nitrogens with two attached hydrogens (primary N) is 1. The predicted molar refractivity (Wildman–Crippen MR) is 83.1 cm³/mol. The van der Waals surface area contributed by atoms with Crippen molar-refractivity contribution in [3.63, 3.8) is 0 Å². The number of carbonyl (C=O) groups is 1. The zero-order valence-corrected chi connectivity index (χ0v) is 13.8. The van der Waals surface area contributed by atoms with Gasteiger partial charge in [0.2, 0.25) is 10.0 Å². The molecule has 0 spiro atoms. The van der Waals surface area contributed by atoms with Crippen molar-refractivity contribution >= 4 is 16.0 Å². The van der Waals surface area contributed by atoms with E-state index in [1.165, 1.54) is 24.3 Å². The van der Waals surface area contributed by atoms with E-state index in [4.69, 9.17) is 9.88 Å². The van der Waals surface area contributed by atoms with Crippen LogP contribution in [0.1, 0.15) is 27.0 Å². The van der Waals surface area contributed by atoms with Gasteiger partial charge in [0.25, 0.3) is 0 Å². The maximum Gasteiger partial charge on any atom is 0.416 e. The molecule has 2 rings (SSSR count). The van der Waals surface area contributed by atoms with Gasteiger partial charge in [-0.3, -0.25) is 0 Å². The molecule has 5 nitrogen and oxygen atoms in total. The van der Waals surface area contributed by atoms with E-state index in [0.29, 0.717) is 11.1 Å². The maximum absolute atomic E-state index is 12.5. The molecule has 0 atom stereocenters. The van der Waals surface area contributed by atoms with Gasteiger partial charge in [-0.15, -0.1) is 0 Å². The fourth-order valence-corrected chi connectivity index (χ4v) is 2.55. The number of rotatable bonds is 4. The number of hydrogen-bond acceptors (Lipinski definition) is 4. The molecule has 9 heteroatoms. The first-order chi connectivity index (χ1) is 11.5. The minimum absolute atomic E-state index is 0.0124. The normalized spacial score (nSPS) is 12.0. The van der Waals surface area contributed by atoms with Crippen molar-refractivity contribution in [3.8, 4) is 0 Å². The highest BCUT2D eigenvalue weighted by molar-refractivity contribution is 7.89. The van der Waals surface area contributed by atoms with E-state index < -0.39 is 27.7 Å². The van der Waals surface area contributed by atoms with Crippen molar-refractivity contribution in [3.05, 3.63) is 64.7 Å². The highest BCUT2D eigenvalue weighted by Gasteiger charge is 2.29. The van der Waals surface area contributed by atoms with Crippen molar-refractivity contribution in [2.45, 2.75) is 24.6 Å². The second kappa shape index (κ2) is 6.85. The Balaban J connectivity index is 2.13. The van der Waals surface area contributed by atoms with Gasteiger partial charge in [-0.25, -0.2) is 18.4 Å². The third-order valence-corrected chi connectivity index (χ3v) is 4.32. The summed E-state index contributed by atoms with van der Waals surface area (Å²) in [6.45, 7) is 1.33. The van der Waals surface area contributed by atoms with Crippen LogP contribution < -0.4 is 5.14 Å². The molecule has 134 valence electrons. The summed E-state index contributed by atoms with van der Waals surface area (Å²) in [6.07, 6.45) is -4.44. The van der Waals surface area contributed by atoms with Gasteiger partial charge in [-0.05, 0) is 42.3 Å². The van der Waals surface area contributed by atoms with E-state index >= 15 is 0 Å². The highest BCUT2D eigenvalue weighted by Crippen LogP contribution is 2.29. The number of hydrogen-bond donors (Lipinski definition) is 1. The molecule has 0 saturated carbocycles. The minimum atomic E-state index is -4.44. The molecule has 0 radical (unpaired) electrons. The molecule has 0 amide bonds. The summed E-state index contributed by atoms with van der Waals surface area (Å²) in [5, 5.41) is 5.02. The van der Waals surface area contributed by atoms with Gasteiger partial charge < -0.3 is 4.74 Å². The van der Waals surface area contributed by atoms with Crippen LogP contribution in [0.2, 0.25) is 0 Å². The number of aryl methyl sites for hydroxylation is 1. The van der Waals surface area contributed by atoms with E-state index in [1.54, 1.807) is 6.92 Å². The lowest BCUT2D eigenvalue weighted by atomic mass is 10.1. The second-order valence-corrected chi connectivity index (χ2v) is 6.85. The first-order valence-electron chi connectivity index (χ1n) is 6.95. The Kier molecular flexibility index (Phi) is 5.19. The van der Waals surface area contributed by atoms with Gasteiger partial charge in [0.05, 0.1) is 16.0 Å². The molecule has 0 aromatic heterocycles. The van der Waals surface area contributed by atoms with Crippen molar-refractivity contribution < 1.29 is 31.1 Å². The number of carbonyl (C=O) groups excluding carboxylic acids is 1. The van der Waals surface area contributed by atoms with Crippen LogP contribution in [-0.2, 0) is 27.5 Å². The van der Waals surface area contributed by atoms with Crippen molar-refractivity contribution in [1.29, 1.82) is 0 Å². The zero-order chi connectivity index (χ0) is 18.8. The van der Waals surface area contributed by atoms with Crippen LogP contribution in [0.25, 0.3) is 0 Å². The smallest absolute Gasteiger partial charge is 0.416 e. The standard InChI is InChI=1S/C16H14F3NO4S/c1-10-2-7-13(25(20,22)23)8-14(10)15(21)24-9-11-3-5-12(6-4-11)16(17,18)19/h2-8H,9H2,1H3,(H2,20,22,23). The van der Waals surface area contributed by atoms with Crippen LogP contribution in [0.3, 0.4) is 0 Å². The van der Waals surface area contributed by atoms with Crippen molar-refractivity contribution in [2.75, 3.05) is 0 Å². The molecular formula is C16H14F3NO4S. The topological polar surface area (TPSA) is 86.5 Å². The number of benzene rings is 2. The summed E-state index contributed by atoms with van der Waals surface area (Å²) in [5.41, 5.74) is 0.0455. The molecule has 0 unspecified atom stereocenters. The maximum atomic E-state index is 12.5. The molecule has 0 aliphatic heterocycles. The van der Waals surface area contributed by atoms with Crippen LogP contribution in [0.15, 0.2) is 47.4 Å². The molecule has 0 bridgehead atoms. The molecule has 0 fully saturated rings. The summed E-state index contributed by atoms with van der Waals surface area (Å²) in [7, 11) is -3.98. The zero-order valence-electron chi connectivity index (χ0n) is 13.0. The van der Waals surface area contributed by atoms with E-state index in [0.717, 1.165) is 18.2 Å². The summed E-state index contributed by atoms with van der Waals surface area (Å²) < 4.78 is 65.2. The summed E-state index contributed by atoms with van der Waals surface area (Å²) >= 11 is 0. The highest BCUT2D eigenvalue weighted by atomic mass is 32.2. The van der Waals surface area contributed by atoms with Gasteiger partial charge in [0.15, 0.2) is 0 Å². The summed E-state index contributed by atoms with van der Waals surface area (Å²) in [4.78, 5) is 11.9. The number of sulfonamides is 1. The van der Waals surface area contributed by atoms with Gasteiger partial charge in [-0.2, -0.15) is 13.2 Å². The lowest BCUT2D eigenvalue weighted by Crippen LogP contribution is -2.14. The monoisotopic (exact) mass is 373 g/mol. The Bertz CT molecular complexity index is 891. The average molecular weight is 373 g/mol. The Hall–Kier alpha value is -2.39.